The SMILES string of the molecule is CCOC(=O)c1cccn1CC1CCCO1. The predicted octanol–water partition coefficient (Wildman–Crippen LogP) is 1.84. The minimum absolute atomic E-state index is 0.237. The zero-order chi connectivity index (χ0) is 11.4. The van der Waals surface area contributed by atoms with Crippen molar-refractivity contribution in [3.63, 3.8) is 0 Å². The van der Waals surface area contributed by atoms with E-state index in [1.807, 2.05) is 23.8 Å². The molecule has 4 nitrogen and oxygen atoms in total. The fraction of sp³-hybridized carbons (Fsp3) is 0.583. The lowest BCUT2D eigenvalue weighted by Gasteiger charge is -2.13. The van der Waals surface area contributed by atoms with Gasteiger partial charge < -0.3 is 14.0 Å². The summed E-state index contributed by atoms with van der Waals surface area (Å²) in [6.45, 7) is 3.79. The Morgan fingerprint density at radius 3 is 3.25 bits per heavy atom. The third-order valence-electron chi connectivity index (χ3n) is 2.74. The number of esters is 1. The van der Waals surface area contributed by atoms with Crippen molar-refractivity contribution in [1.82, 2.24) is 4.57 Å². The lowest BCUT2D eigenvalue weighted by atomic mass is 10.2. The summed E-state index contributed by atoms with van der Waals surface area (Å²) in [5, 5.41) is 0. The minimum atomic E-state index is -0.259. The van der Waals surface area contributed by atoms with E-state index in [4.69, 9.17) is 9.47 Å². The summed E-state index contributed by atoms with van der Waals surface area (Å²) in [5.41, 5.74) is 0.609. The fourth-order valence-corrected chi connectivity index (χ4v) is 1.97. The van der Waals surface area contributed by atoms with Crippen LogP contribution in [0.5, 0.6) is 0 Å². The van der Waals surface area contributed by atoms with Crippen LogP contribution < -0.4 is 0 Å². The smallest absolute Gasteiger partial charge is 0.354 e. The number of hydrogen-bond acceptors (Lipinski definition) is 3. The maximum Gasteiger partial charge on any atom is 0.354 e. The molecule has 0 radical (unpaired) electrons. The third-order valence-corrected chi connectivity index (χ3v) is 2.74. The summed E-state index contributed by atoms with van der Waals surface area (Å²) in [7, 11) is 0. The Bertz CT molecular complexity index is 353. The van der Waals surface area contributed by atoms with Crippen LogP contribution in [0.1, 0.15) is 30.3 Å². The molecule has 1 unspecified atom stereocenters. The van der Waals surface area contributed by atoms with Crippen molar-refractivity contribution in [2.24, 2.45) is 0 Å². The summed E-state index contributed by atoms with van der Waals surface area (Å²) >= 11 is 0. The van der Waals surface area contributed by atoms with Gasteiger partial charge in [-0.25, -0.2) is 4.79 Å². The van der Waals surface area contributed by atoms with Gasteiger partial charge in [-0.3, -0.25) is 0 Å². The van der Waals surface area contributed by atoms with Gasteiger partial charge in [0.15, 0.2) is 0 Å². The predicted molar refractivity (Wildman–Crippen MR) is 59.4 cm³/mol. The van der Waals surface area contributed by atoms with Gasteiger partial charge in [0.25, 0.3) is 0 Å². The number of aromatic nitrogens is 1. The highest BCUT2D eigenvalue weighted by atomic mass is 16.5. The highest BCUT2D eigenvalue weighted by molar-refractivity contribution is 5.87. The van der Waals surface area contributed by atoms with E-state index in [1.165, 1.54) is 0 Å². The molecule has 1 saturated heterocycles. The molecule has 1 aromatic rings. The first-order chi connectivity index (χ1) is 7.81. The van der Waals surface area contributed by atoms with Gasteiger partial charge in [-0.2, -0.15) is 0 Å². The molecule has 0 bridgehead atoms. The van der Waals surface area contributed by atoms with E-state index in [0.717, 1.165) is 26.0 Å². The van der Waals surface area contributed by atoms with Gasteiger partial charge in [0, 0.05) is 19.3 Å². The molecule has 1 atom stereocenters. The summed E-state index contributed by atoms with van der Waals surface area (Å²) < 4.78 is 12.4. The molecule has 2 rings (SSSR count). The van der Waals surface area contributed by atoms with Gasteiger partial charge in [0.05, 0.1) is 12.7 Å². The van der Waals surface area contributed by atoms with Crippen LogP contribution in [0.2, 0.25) is 0 Å². The van der Waals surface area contributed by atoms with Crippen molar-refractivity contribution < 1.29 is 14.3 Å². The quantitative estimate of drug-likeness (QED) is 0.731. The van der Waals surface area contributed by atoms with E-state index in [-0.39, 0.29) is 12.1 Å². The maximum absolute atomic E-state index is 11.6. The van der Waals surface area contributed by atoms with Crippen LogP contribution in [0.15, 0.2) is 18.3 Å². The molecule has 0 amide bonds. The van der Waals surface area contributed by atoms with Crippen LogP contribution in [-0.4, -0.2) is 29.9 Å². The molecule has 1 aliphatic heterocycles. The Morgan fingerprint density at radius 2 is 2.56 bits per heavy atom. The van der Waals surface area contributed by atoms with E-state index in [9.17, 15) is 4.79 Å². The number of nitrogens with zero attached hydrogens (tertiary/aromatic N) is 1. The molecule has 1 fully saturated rings. The first kappa shape index (κ1) is 11.2. The van der Waals surface area contributed by atoms with E-state index in [1.54, 1.807) is 6.07 Å². The summed E-state index contributed by atoms with van der Waals surface area (Å²) in [5.74, 6) is -0.259. The molecule has 0 aromatic carbocycles. The molecule has 2 heterocycles. The van der Waals surface area contributed by atoms with Crippen LogP contribution in [-0.2, 0) is 16.0 Å². The van der Waals surface area contributed by atoms with Crippen molar-refractivity contribution in [2.75, 3.05) is 13.2 Å². The van der Waals surface area contributed by atoms with E-state index in [0.29, 0.717) is 12.3 Å². The zero-order valence-electron chi connectivity index (χ0n) is 9.52. The summed E-state index contributed by atoms with van der Waals surface area (Å²) in [6, 6.07) is 3.65. The molecule has 4 heteroatoms. The molecule has 0 N–H and O–H groups in total. The second-order valence-electron chi connectivity index (χ2n) is 3.90. The second-order valence-corrected chi connectivity index (χ2v) is 3.90. The Hall–Kier alpha value is -1.29. The number of rotatable bonds is 4. The average molecular weight is 223 g/mol. The normalized spacial score (nSPS) is 19.9. The zero-order valence-corrected chi connectivity index (χ0v) is 9.52. The molecule has 0 saturated carbocycles. The van der Waals surface area contributed by atoms with Crippen molar-refractivity contribution in [1.29, 1.82) is 0 Å². The lowest BCUT2D eigenvalue weighted by Crippen LogP contribution is -2.19. The molecular weight excluding hydrogens is 206 g/mol. The molecule has 88 valence electrons. The van der Waals surface area contributed by atoms with Gasteiger partial charge in [-0.1, -0.05) is 0 Å². The molecule has 0 spiro atoms. The molecular formula is C12H17NO3. The van der Waals surface area contributed by atoms with Gasteiger partial charge in [0.1, 0.15) is 5.69 Å². The van der Waals surface area contributed by atoms with Crippen LogP contribution in [0.4, 0.5) is 0 Å². The van der Waals surface area contributed by atoms with Gasteiger partial charge in [-0.05, 0) is 31.9 Å². The highest BCUT2D eigenvalue weighted by Gasteiger charge is 2.19. The highest BCUT2D eigenvalue weighted by Crippen LogP contribution is 2.15. The molecule has 1 aromatic heterocycles. The van der Waals surface area contributed by atoms with Crippen LogP contribution in [0.3, 0.4) is 0 Å². The largest absolute Gasteiger partial charge is 0.461 e. The third kappa shape index (κ3) is 2.44. The summed E-state index contributed by atoms with van der Waals surface area (Å²) in [6.07, 6.45) is 4.32. The van der Waals surface area contributed by atoms with Crippen molar-refractivity contribution >= 4 is 5.97 Å². The molecule has 16 heavy (non-hydrogen) atoms. The van der Waals surface area contributed by atoms with Gasteiger partial charge >= 0.3 is 5.97 Å². The Morgan fingerprint density at radius 1 is 1.69 bits per heavy atom. The number of carbonyl (C=O) groups excluding carboxylic acids is 1. The van der Waals surface area contributed by atoms with Gasteiger partial charge in [-0.15, -0.1) is 0 Å². The van der Waals surface area contributed by atoms with Crippen molar-refractivity contribution in [3.8, 4) is 0 Å². The molecule has 0 aliphatic carbocycles. The first-order valence-electron chi connectivity index (χ1n) is 5.75. The van der Waals surface area contributed by atoms with E-state index >= 15 is 0 Å². The second kappa shape index (κ2) is 5.16. The number of carbonyl (C=O) groups is 1. The summed E-state index contributed by atoms with van der Waals surface area (Å²) in [4.78, 5) is 11.6. The monoisotopic (exact) mass is 223 g/mol. The van der Waals surface area contributed by atoms with E-state index in [2.05, 4.69) is 0 Å². The van der Waals surface area contributed by atoms with Gasteiger partial charge in [0.2, 0.25) is 0 Å². The molecule has 1 aliphatic rings. The van der Waals surface area contributed by atoms with E-state index < -0.39 is 0 Å². The standard InChI is InChI=1S/C12H17NO3/c1-2-15-12(14)11-6-3-7-13(11)9-10-5-4-8-16-10/h3,6-7,10H,2,4-5,8-9H2,1H3. The topological polar surface area (TPSA) is 40.5 Å². The fourth-order valence-electron chi connectivity index (χ4n) is 1.97. The Kier molecular flexibility index (Phi) is 3.62. The van der Waals surface area contributed by atoms with Crippen LogP contribution >= 0.6 is 0 Å². The van der Waals surface area contributed by atoms with Crippen LogP contribution in [0, 0.1) is 0 Å². The van der Waals surface area contributed by atoms with Crippen LogP contribution in [0.25, 0.3) is 0 Å². The number of ether oxygens (including phenoxy) is 2. The minimum Gasteiger partial charge on any atom is -0.461 e. The Balaban J connectivity index is 2.03. The Labute approximate surface area is 95.2 Å². The maximum atomic E-state index is 11.6. The lowest BCUT2D eigenvalue weighted by molar-refractivity contribution is 0.0504. The van der Waals surface area contributed by atoms with Crippen molar-refractivity contribution in [2.45, 2.75) is 32.4 Å². The van der Waals surface area contributed by atoms with Crippen molar-refractivity contribution in [3.05, 3.63) is 24.0 Å². The average Bonchev–Trinajstić information content (AvgIpc) is 2.90. The number of hydrogen-bond donors (Lipinski definition) is 0. The first-order valence-corrected chi connectivity index (χ1v) is 5.75.